The summed E-state index contributed by atoms with van der Waals surface area (Å²) in [6.07, 6.45) is 1.15. The van der Waals surface area contributed by atoms with E-state index >= 15 is 0 Å². The van der Waals surface area contributed by atoms with Crippen LogP contribution in [0.2, 0.25) is 0 Å². The van der Waals surface area contributed by atoms with Crippen LogP contribution in [0.1, 0.15) is 41.0 Å². The van der Waals surface area contributed by atoms with Crippen molar-refractivity contribution < 1.29 is 0 Å². The maximum absolute atomic E-state index is 3.41. The van der Waals surface area contributed by atoms with E-state index in [4.69, 9.17) is 0 Å². The Balaban J connectivity index is 3.76. The van der Waals surface area contributed by atoms with E-state index < -0.39 is 0 Å². The highest BCUT2D eigenvalue weighted by atomic mass is 14.9. The number of nitrogens with one attached hydrogen (secondary N) is 1. The zero-order valence-electron chi connectivity index (χ0n) is 8.49. The second-order valence-corrected chi connectivity index (χ2v) is 3.53. The van der Waals surface area contributed by atoms with Crippen LogP contribution in [0.4, 0.5) is 0 Å². The summed E-state index contributed by atoms with van der Waals surface area (Å²) >= 11 is 0. The molecule has 0 saturated carbocycles. The lowest BCUT2D eigenvalue weighted by Crippen LogP contribution is -2.18. The van der Waals surface area contributed by atoms with Gasteiger partial charge in [-0.25, -0.2) is 0 Å². The van der Waals surface area contributed by atoms with Crippen molar-refractivity contribution in [2.45, 2.75) is 41.0 Å². The van der Waals surface area contributed by atoms with Gasteiger partial charge in [-0.3, -0.25) is 0 Å². The van der Waals surface area contributed by atoms with Gasteiger partial charge < -0.3 is 5.32 Å². The third kappa shape index (κ3) is 4.88. The lowest BCUT2D eigenvalue weighted by molar-refractivity contribution is 0.592. The van der Waals surface area contributed by atoms with E-state index in [1.54, 1.807) is 0 Å². The van der Waals surface area contributed by atoms with E-state index in [1.165, 1.54) is 11.3 Å². The molecule has 1 nitrogen and oxygen atoms in total. The van der Waals surface area contributed by atoms with Crippen LogP contribution in [-0.2, 0) is 0 Å². The minimum absolute atomic E-state index is 0.731. The normalized spacial score (nSPS) is 13.3. The Labute approximate surface area is 70.9 Å². The molecule has 0 unspecified atom stereocenters. The maximum atomic E-state index is 3.41. The van der Waals surface area contributed by atoms with Crippen molar-refractivity contribution in [1.29, 1.82) is 0 Å². The van der Waals surface area contributed by atoms with Gasteiger partial charge in [0.1, 0.15) is 0 Å². The van der Waals surface area contributed by atoms with Crippen molar-refractivity contribution in [1.82, 2.24) is 5.32 Å². The summed E-state index contributed by atoms with van der Waals surface area (Å²) in [4.78, 5) is 0. The highest BCUT2D eigenvalue weighted by molar-refractivity contribution is 5.06. The molecule has 0 aromatic heterocycles. The van der Waals surface area contributed by atoms with Gasteiger partial charge in [0.25, 0.3) is 0 Å². The van der Waals surface area contributed by atoms with Gasteiger partial charge in [-0.1, -0.05) is 26.3 Å². The highest BCUT2D eigenvalue weighted by Crippen LogP contribution is 2.04. The fourth-order valence-corrected chi connectivity index (χ4v) is 0.773. The second-order valence-electron chi connectivity index (χ2n) is 3.53. The predicted octanol–water partition coefficient (Wildman–Crippen LogP) is 2.94. The Kier molecular flexibility index (Phi) is 5.01. The minimum Gasteiger partial charge on any atom is -0.388 e. The van der Waals surface area contributed by atoms with E-state index in [1.807, 2.05) is 0 Å². The van der Waals surface area contributed by atoms with Crippen LogP contribution in [0, 0.1) is 5.92 Å². The smallest absolute Gasteiger partial charge is 0.0166 e. The van der Waals surface area contributed by atoms with Crippen LogP contribution in [-0.4, -0.2) is 6.54 Å². The molecule has 1 N–H and O–H groups in total. The first-order valence-corrected chi connectivity index (χ1v) is 4.48. The molecule has 0 bridgehead atoms. The lowest BCUT2D eigenvalue weighted by atomic mass is 10.1. The van der Waals surface area contributed by atoms with E-state index in [9.17, 15) is 0 Å². The molecule has 66 valence electrons. The van der Waals surface area contributed by atoms with Crippen LogP contribution in [0.25, 0.3) is 0 Å². The molecule has 0 aliphatic carbocycles. The zero-order chi connectivity index (χ0) is 8.85. The zero-order valence-corrected chi connectivity index (χ0v) is 8.49. The molecular weight excluding hydrogens is 134 g/mol. The first-order chi connectivity index (χ1) is 5.07. The van der Waals surface area contributed by atoms with Gasteiger partial charge in [-0.05, 0) is 26.2 Å². The number of allylic oxidation sites excluding steroid dienone is 2. The fraction of sp³-hybridized carbons (Fsp3) is 0.800. The minimum atomic E-state index is 0.731. The van der Waals surface area contributed by atoms with Gasteiger partial charge >= 0.3 is 0 Å². The maximum Gasteiger partial charge on any atom is 0.0166 e. The van der Waals surface area contributed by atoms with E-state index in [-0.39, 0.29) is 0 Å². The number of hydrogen-bond donors (Lipinski definition) is 1. The van der Waals surface area contributed by atoms with Crippen molar-refractivity contribution in [3.8, 4) is 0 Å². The summed E-state index contributed by atoms with van der Waals surface area (Å²) in [5.74, 6) is 0.731. The highest BCUT2D eigenvalue weighted by Gasteiger charge is 1.95. The van der Waals surface area contributed by atoms with E-state index in [0.717, 1.165) is 18.9 Å². The number of hydrogen-bond acceptors (Lipinski definition) is 1. The summed E-state index contributed by atoms with van der Waals surface area (Å²) in [6, 6.07) is 0. The SMILES string of the molecule is CC/C(C)=C(\C)NCC(C)C. The molecule has 0 aromatic carbocycles. The number of rotatable bonds is 4. The van der Waals surface area contributed by atoms with Crippen molar-refractivity contribution in [2.24, 2.45) is 5.92 Å². The molecule has 0 rings (SSSR count). The van der Waals surface area contributed by atoms with Crippen LogP contribution >= 0.6 is 0 Å². The van der Waals surface area contributed by atoms with E-state index in [0.29, 0.717) is 0 Å². The Morgan fingerprint density at radius 2 is 1.82 bits per heavy atom. The van der Waals surface area contributed by atoms with Crippen molar-refractivity contribution >= 4 is 0 Å². The Morgan fingerprint density at radius 1 is 1.27 bits per heavy atom. The van der Waals surface area contributed by atoms with Crippen LogP contribution in [0.15, 0.2) is 11.3 Å². The molecule has 1 heteroatoms. The quantitative estimate of drug-likeness (QED) is 0.658. The third-order valence-corrected chi connectivity index (χ3v) is 1.95. The Bertz CT molecular complexity index is 134. The molecule has 0 spiro atoms. The molecule has 0 amide bonds. The van der Waals surface area contributed by atoms with Gasteiger partial charge in [0, 0.05) is 12.2 Å². The average molecular weight is 155 g/mol. The lowest BCUT2D eigenvalue weighted by Gasteiger charge is -2.11. The summed E-state index contributed by atoms with van der Waals surface area (Å²) in [7, 11) is 0. The van der Waals surface area contributed by atoms with Crippen LogP contribution < -0.4 is 5.32 Å². The van der Waals surface area contributed by atoms with E-state index in [2.05, 4.69) is 39.9 Å². The largest absolute Gasteiger partial charge is 0.388 e. The molecular formula is C10H21N. The van der Waals surface area contributed by atoms with Crippen molar-refractivity contribution in [3.63, 3.8) is 0 Å². The molecule has 11 heavy (non-hydrogen) atoms. The Morgan fingerprint density at radius 3 is 2.18 bits per heavy atom. The third-order valence-electron chi connectivity index (χ3n) is 1.95. The molecule has 0 fully saturated rings. The first-order valence-electron chi connectivity index (χ1n) is 4.48. The molecule has 0 heterocycles. The monoisotopic (exact) mass is 155 g/mol. The standard InChI is InChI=1S/C10H21N/c1-6-9(4)10(5)11-7-8(2)3/h8,11H,6-7H2,1-5H3/b10-9+. The predicted molar refractivity (Wildman–Crippen MR) is 51.5 cm³/mol. The van der Waals surface area contributed by atoms with Crippen molar-refractivity contribution in [2.75, 3.05) is 6.54 Å². The van der Waals surface area contributed by atoms with Gasteiger partial charge in [0.05, 0.1) is 0 Å². The summed E-state index contributed by atoms with van der Waals surface area (Å²) < 4.78 is 0. The second kappa shape index (κ2) is 5.22. The molecule has 0 atom stereocenters. The van der Waals surface area contributed by atoms with Gasteiger partial charge in [-0.15, -0.1) is 0 Å². The summed E-state index contributed by atoms with van der Waals surface area (Å²) in [5.41, 5.74) is 2.81. The summed E-state index contributed by atoms with van der Waals surface area (Å²) in [5, 5.41) is 3.41. The molecule has 0 aliphatic heterocycles. The van der Waals surface area contributed by atoms with Gasteiger partial charge in [-0.2, -0.15) is 0 Å². The Hall–Kier alpha value is -0.460. The molecule has 0 aliphatic rings. The van der Waals surface area contributed by atoms with Gasteiger partial charge in [0.15, 0.2) is 0 Å². The van der Waals surface area contributed by atoms with Crippen LogP contribution in [0.5, 0.6) is 0 Å². The topological polar surface area (TPSA) is 12.0 Å². The average Bonchev–Trinajstić information content (AvgIpc) is 1.98. The molecule has 0 saturated heterocycles. The molecule has 0 aromatic rings. The fourth-order valence-electron chi connectivity index (χ4n) is 0.773. The van der Waals surface area contributed by atoms with Crippen LogP contribution in [0.3, 0.4) is 0 Å². The van der Waals surface area contributed by atoms with Gasteiger partial charge in [0.2, 0.25) is 0 Å². The first kappa shape index (κ1) is 10.5. The molecule has 0 radical (unpaired) electrons. The van der Waals surface area contributed by atoms with Crippen molar-refractivity contribution in [3.05, 3.63) is 11.3 Å². The summed E-state index contributed by atoms with van der Waals surface area (Å²) in [6.45, 7) is 12.1.